The Morgan fingerprint density at radius 1 is 1.08 bits per heavy atom. The minimum atomic E-state index is -4.20. The minimum absolute atomic E-state index is 0.114. The summed E-state index contributed by atoms with van der Waals surface area (Å²) in [6.45, 7) is 5.63. The molecule has 0 saturated heterocycles. The quantitative estimate of drug-likeness (QED) is 0.303. The van der Waals surface area contributed by atoms with Crippen LogP contribution in [0.1, 0.15) is 24.0 Å². The first-order valence-corrected chi connectivity index (χ1v) is 9.88. The molecule has 0 bridgehead atoms. The van der Waals surface area contributed by atoms with E-state index in [9.17, 15) is 9.46 Å². The SMILES string of the molecule is C=Cc1ccc(COCCCCOP(=O)([O-])OCC[N+](C)(C)C)cc1. The Hall–Kier alpha value is -1.01. The van der Waals surface area contributed by atoms with Gasteiger partial charge in [-0.05, 0) is 24.0 Å². The van der Waals surface area contributed by atoms with Crippen LogP contribution in [0.15, 0.2) is 30.8 Å². The van der Waals surface area contributed by atoms with E-state index in [4.69, 9.17) is 13.8 Å². The smallest absolute Gasteiger partial charge is 0.268 e. The van der Waals surface area contributed by atoms with Gasteiger partial charge < -0.3 is 23.2 Å². The van der Waals surface area contributed by atoms with Gasteiger partial charge in [-0.1, -0.05) is 36.9 Å². The minimum Gasteiger partial charge on any atom is -0.756 e. The van der Waals surface area contributed by atoms with Crippen LogP contribution in [0.2, 0.25) is 0 Å². The number of ether oxygens (including phenoxy) is 1. The highest BCUT2D eigenvalue weighted by molar-refractivity contribution is 7.45. The molecule has 7 heteroatoms. The molecule has 25 heavy (non-hydrogen) atoms. The molecule has 0 amide bonds. The van der Waals surface area contributed by atoms with Crippen LogP contribution in [-0.4, -0.2) is 52.0 Å². The van der Waals surface area contributed by atoms with Crippen molar-refractivity contribution in [3.63, 3.8) is 0 Å². The van der Waals surface area contributed by atoms with Crippen LogP contribution in [0.25, 0.3) is 6.08 Å². The molecular formula is C18H30NO5P. The standard InChI is InChI=1S/C18H30NO5P/c1-5-17-8-10-18(11-9-17)16-22-13-6-7-14-23-25(20,21)24-15-12-19(2,3)4/h5,8-11H,1,6-7,12-16H2,2-4H3. The predicted octanol–water partition coefficient (Wildman–Crippen LogP) is 2.83. The molecule has 6 nitrogen and oxygen atoms in total. The van der Waals surface area contributed by atoms with Crippen molar-refractivity contribution in [2.75, 3.05) is 47.5 Å². The van der Waals surface area contributed by atoms with E-state index in [1.165, 1.54) is 0 Å². The molecule has 1 atom stereocenters. The van der Waals surface area contributed by atoms with E-state index in [1.54, 1.807) is 6.08 Å². The summed E-state index contributed by atoms with van der Waals surface area (Å²) in [5.41, 5.74) is 2.17. The summed E-state index contributed by atoms with van der Waals surface area (Å²) in [7, 11) is 1.70. The normalized spacial score (nSPS) is 14.2. The zero-order chi connectivity index (χ0) is 18.8. The Balaban J connectivity index is 2.06. The lowest BCUT2D eigenvalue weighted by Crippen LogP contribution is -2.37. The topological polar surface area (TPSA) is 67.8 Å². The fourth-order valence-corrected chi connectivity index (χ4v) is 2.62. The second-order valence-corrected chi connectivity index (χ2v) is 8.24. The van der Waals surface area contributed by atoms with Gasteiger partial charge in [0.15, 0.2) is 0 Å². The van der Waals surface area contributed by atoms with Crippen LogP contribution in [-0.2, 0) is 25.0 Å². The Labute approximate surface area is 151 Å². The van der Waals surface area contributed by atoms with Crippen LogP contribution in [0.5, 0.6) is 0 Å². The molecule has 0 N–H and O–H groups in total. The zero-order valence-electron chi connectivity index (χ0n) is 15.5. The second kappa shape index (κ2) is 10.9. The van der Waals surface area contributed by atoms with Gasteiger partial charge in [0.2, 0.25) is 0 Å². The third kappa shape index (κ3) is 11.3. The predicted molar refractivity (Wildman–Crippen MR) is 97.8 cm³/mol. The van der Waals surface area contributed by atoms with Gasteiger partial charge in [-0.3, -0.25) is 4.57 Å². The number of likely N-dealkylation sites (N-methyl/N-ethyl adjacent to an activating group) is 1. The van der Waals surface area contributed by atoms with Crippen LogP contribution in [0, 0.1) is 0 Å². The van der Waals surface area contributed by atoms with Gasteiger partial charge in [0.1, 0.15) is 13.2 Å². The molecule has 0 spiro atoms. The largest absolute Gasteiger partial charge is 0.756 e. The molecule has 0 aliphatic carbocycles. The highest BCUT2D eigenvalue weighted by Gasteiger charge is 2.12. The third-order valence-electron chi connectivity index (χ3n) is 3.43. The van der Waals surface area contributed by atoms with Gasteiger partial charge in [0, 0.05) is 6.61 Å². The van der Waals surface area contributed by atoms with Crippen molar-refractivity contribution in [1.29, 1.82) is 0 Å². The van der Waals surface area contributed by atoms with Gasteiger partial charge in [-0.15, -0.1) is 0 Å². The lowest BCUT2D eigenvalue weighted by molar-refractivity contribution is -0.870. The lowest BCUT2D eigenvalue weighted by Gasteiger charge is -2.27. The first-order valence-electron chi connectivity index (χ1n) is 8.41. The number of nitrogens with zero attached hydrogens (tertiary/aromatic N) is 1. The Kier molecular flexibility index (Phi) is 9.57. The number of hydrogen-bond donors (Lipinski definition) is 0. The van der Waals surface area contributed by atoms with Crippen molar-refractivity contribution >= 4 is 13.9 Å². The summed E-state index contributed by atoms with van der Waals surface area (Å²) in [6, 6.07) is 7.98. The summed E-state index contributed by atoms with van der Waals surface area (Å²) in [6.07, 6.45) is 3.12. The summed E-state index contributed by atoms with van der Waals surface area (Å²) in [5.74, 6) is 0. The lowest BCUT2D eigenvalue weighted by atomic mass is 10.1. The molecule has 0 radical (unpaired) electrons. The van der Waals surface area contributed by atoms with Crippen LogP contribution < -0.4 is 4.89 Å². The van der Waals surface area contributed by atoms with Gasteiger partial charge in [-0.2, -0.15) is 0 Å². The first-order chi connectivity index (χ1) is 11.7. The molecule has 0 heterocycles. The number of unbranched alkanes of at least 4 members (excludes halogenated alkanes) is 1. The van der Waals surface area contributed by atoms with E-state index in [1.807, 2.05) is 45.4 Å². The number of rotatable bonds is 13. The number of phosphoric ester groups is 1. The summed E-state index contributed by atoms with van der Waals surface area (Å²) >= 11 is 0. The number of benzene rings is 1. The van der Waals surface area contributed by atoms with Crippen molar-refractivity contribution in [1.82, 2.24) is 0 Å². The molecule has 1 aromatic carbocycles. The molecule has 0 aliphatic rings. The van der Waals surface area contributed by atoms with Crippen molar-refractivity contribution in [2.24, 2.45) is 0 Å². The van der Waals surface area contributed by atoms with E-state index < -0.39 is 7.82 Å². The van der Waals surface area contributed by atoms with E-state index >= 15 is 0 Å². The Morgan fingerprint density at radius 3 is 2.28 bits per heavy atom. The summed E-state index contributed by atoms with van der Waals surface area (Å²) < 4.78 is 27.5. The van der Waals surface area contributed by atoms with Gasteiger partial charge in [0.05, 0.1) is 34.4 Å². The summed E-state index contributed by atoms with van der Waals surface area (Å²) in [4.78, 5) is 11.6. The Morgan fingerprint density at radius 2 is 1.68 bits per heavy atom. The molecule has 0 saturated carbocycles. The van der Waals surface area contributed by atoms with Crippen LogP contribution in [0.4, 0.5) is 0 Å². The van der Waals surface area contributed by atoms with E-state index in [0.29, 0.717) is 30.7 Å². The highest BCUT2D eigenvalue weighted by Crippen LogP contribution is 2.38. The van der Waals surface area contributed by atoms with Gasteiger partial charge in [0.25, 0.3) is 7.82 Å². The zero-order valence-corrected chi connectivity index (χ0v) is 16.4. The van der Waals surface area contributed by atoms with Crippen LogP contribution in [0.3, 0.4) is 0 Å². The second-order valence-electron chi connectivity index (χ2n) is 6.83. The van der Waals surface area contributed by atoms with Crippen molar-refractivity contribution in [3.8, 4) is 0 Å². The van der Waals surface area contributed by atoms with Crippen molar-refractivity contribution < 1.29 is 27.7 Å². The van der Waals surface area contributed by atoms with Crippen molar-refractivity contribution in [3.05, 3.63) is 42.0 Å². The average molecular weight is 371 g/mol. The molecule has 0 aliphatic heterocycles. The first kappa shape index (κ1) is 22.0. The maximum absolute atomic E-state index is 11.6. The molecular weight excluding hydrogens is 341 g/mol. The monoisotopic (exact) mass is 371 g/mol. The molecule has 142 valence electrons. The fraction of sp³-hybridized carbons (Fsp3) is 0.556. The maximum atomic E-state index is 11.6. The molecule has 0 aromatic heterocycles. The van der Waals surface area contributed by atoms with E-state index in [-0.39, 0.29) is 13.2 Å². The highest BCUT2D eigenvalue weighted by atomic mass is 31.2. The number of quaternary nitrogens is 1. The maximum Gasteiger partial charge on any atom is 0.268 e. The fourth-order valence-electron chi connectivity index (χ4n) is 1.89. The Bertz CT molecular complexity index is 554. The van der Waals surface area contributed by atoms with E-state index in [0.717, 1.165) is 17.5 Å². The number of hydrogen-bond acceptors (Lipinski definition) is 5. The van der Waals surface area contributed by atoms with Crippen LogP contribution >= 0.6 is 7.82 Å². The van der Waals surface area contributed by atoms with E-state index in [2.05, 4.69) is 6.58 Å². The number of phosphoric acid groups is 1. The average Bonchev–Trinajstić information content (AvgIpc) is 2.53. The van der Waals surface area contributed by atoms with Gasteiger partial charge in [-0.25, -0.2) is 0 Å². The molecule has 1 rings (SSSR count). The third-order valence-corrected chi connectivity index (χ3v) is 4.43. The van der Waals surface area contributed by atoms with Gasteiger partial charge >= 0.3 is 0 Å². The summed E-state index contributed by atoms with van der Waals surface area (Å²) in [5, 5.41) is 0. The molecule has 1 unspecified atom stereocenters. The van der Waals surface area contributed by atoms with Crippen molar-refractivity contribution in [2.45, 2.75) is 19.4 Å². The molecule has 1 aromatic rings. The molecule has 0 fully saturated rings.